The molecular weight excluding hydrogens is 168 g/mol. The van der Waals surface area contributed by atoms with Gasteiger partial charge < -0.3 is 14.9 Å². The summed E-state index contributed by atoms with van der Waals surface area (Å²) in [6.07, 6.45) is 1.88. The molecule has 1 saturated heterocycles. The Labute approximate surface area is 79.0 Å². The van der Waals surface area contributed by atoms with Gasteiger partial charge in [0.05, 0.1) is 24.4 Å². The summed E-state index contributed by atoms with van der Waals surface area (Å²) in [5, 5.41) is 18.3. The molecule has 0 spiro atoms. The van der Waals surface area contributed by atoms with Gasteiger partial charge in [-0.2, -0.15) is 0 Å². The number of aliphatic hydroxyl groups excluding tert-OH is 2. The first-order valence-corrected chi connectivity index (χ1v) is 4.61. The van der Waals surface area contributed by atoms with Crippen molar-refractivity contribution < 1.29 is 14.9 Å². The third-order valence-electron chi connectivity index (χ3n) is 2.61. The van der Waals surface area contributed by atoms with Gasteiger partial charge in [-0.05, 0) is 26.3 Å². The van der Waals surface area contributed by atoms with Crippen molar-refractivity contribution in [2.45, 2.75) is 45.0 Å². The molecule has 0 aliphatic carbocycles. The van der Waals surface area contributed by atoms with Crippen LogP contribution in [-0.4, -0.2) is 34.6 Å². The zero-order chi connectivity index (χ0) is 10.1. The normalized spacial score (nSPS) is 33.8. The lowest BCUT2D eigenvalue weighted by atomic mass is 9.99. The zero-order valence-electron chi connectivity index (χ0n) is 8.45. The Hall–Kier alpha value is -0.380. The van der Waals surface area contributed by atoms with Gasteiger partial charge in [-0.15, -0.1) is 0 Å². The maximum atomic E-state index is 9.63. The highest BCUT2D eigenvalue weighted by molar-refractivity contribution is 5.10. The molecule has 2 atom stereocenters. The van der Waals surface area contributed by atoms with E-state index in [1.165, 1.54) is 0 Å². The van der Waals surface area contributed by atoms with Gasteiger partial charge >= 0.3 is 0 Å². The summed E-state index contributed by atoms with van der Waals surface area (Å²) < 4.78 is 5.65. The summed E-state index contributed by atoms with van der Waals surface area (Å²) in [7, 11) is 0. The quantitative estimate of drug-likeness (QED) is 0.629. The molecule has 1 aliphatic rings. The van der Waals surface area contributed by atoms with Crippen LogP contribution in [0.2, 0.25) is 0 Å². The van der Waals surface area contributed by atoms with Gasteiger partial charge in [0.1, 0.15) is 0 Å². The minimum Gasteiger partial charge on any atom is -0.392 e. The van der Waals surface area contributed by atoms with Gasteiger partial charge in [0, 0.05) is 6.42 Å². The third-order valence-corrected chi connectivity index (χ3v) is 2.61. The van der Waals surface area contributed by atoms with Crippen molar-refractivity contribution >= 4 is 0 Å². The summed E-state index contributed by atoms with van der Waals surface area (Å²) in [5.74, 6) is 0. The molecule has 0 radical (unpaired) electrons. The largest absolute Gasteiger partial charge is 0.392 e. The van der Waals surface area contributed by atoms with E-state index in [2.05, 4.69) is 0 Å². The average molecular weight is 186 g/mol. The summed E-state index contributed by atoms with van der Waals surface area (Å²) in [5.41, 5.74) is 0.530. The van der Waals surface area contributed by atoms with E-state index in [0.29, 0.717) is 6.42 Å². The molecule has 1 heterocycles. The van der Waals surface area contributed by atoms with Crippen LogP contribution in [0.3, 0.4) is 0 Å². The molecule has 76 valence electrons. The lowest BCUT2D eigenvalue weighted by Crippen LogP contribution is -2.31. The molecule has 2 N–H and O–H groups in total. The Morgan fingerprint density at radius 1 is 1.62 bits per heavy atom. The van der Waals surface area contributed by atoms with Crippen LogP contribution in [0.25, 0.3) is 0 Å². The molecule has 1 fully saturated rings. The minimum atomic E-state index is -0.463. The third kappa shape index (κ3) is 2.30. The molecule has 0 bridgehead atoms. The van der Waals surface area contributed by atoms with E-state index >= 15 is 0 Å². The highest BCUT2D eigenvalue weighted by Gasteiger charge is 2.40. The molecule has 1 aliphatic heterocycles. The Morgan fingerprint density at radius 3 is 2.62 bits per heavy atom. The SMILES string of the molecule is C/C(=C\CO)[C@@H]1C[C@H](O)C(C)(C)O1. The lowest BCUT2D eigenvalue weighted by molar-refractivity contribution is -0.0472. The first-order valence-electron chi connectivity index (χ1n) is 4.61. The van der Waals surface area contributed by atoms with E-state index < -0.39 is 11.7 Å². The summed E-state index contributed by atoms with van der Waals surface area (Å²) >= 11 is 0. The molecule has 1 rings (SSSR count). The zero-order valence-corrected chi connectivity index (χ0v) is 8.45. The molecule has 3 heteroatoms. The number of aliphatic hydroxyl groups is 2. The highest BCUT2D eigenvalue weighted by atomic mass is 16.5. The van der Waals surface area contributed by atoms with Crippen molar-refractivity contribution in [3.63, 3.8) is 0 Å². The lowest BCUT2D eigenvalue weighted by Gasteiger charge is -2.22. The Bertz CT molecular complexity index is 208. The smallest absolute Gasteiger partial charge is 0.0893 e. The van der Waals surface area contributed by atoms with E-state index in [0.717, 1.165) is 5.57 Å². The highest BCUT2D eigenvalue weighted by Crippen LogP contribution is 2.33. The Balaban J connectivity index is 2.63. The van der Waals surface area contributed by atoms with Gasteiger partial charge in [-0.25, -0.2) is 0 Å². The van der Waals surface area contributed by atoms with Crippen LogP contribution in [0.15, 0.2) is 11.6 Å². The van der Waals surface area contributed by atoms with Gasteiger partial charge in [0.15, 0.2) is 0 Å². The summed E-state index contributed by atoms with van der Waals surface area (Å²) in [6, 6.07) is 0. The first kappa shape index (κ1) is 10.7. The summed E-state index contributed by atoms with van der Waals surface area (Å²) in [6.45, 7) is 5.70. The number of hydrogen-bond donors (Lipinski definition) is 2. The Kier molecular flexibility index (Phi) is 3.11. The van der Waals surface area contributed by atoms with E-state index in [-0.39, 0.29) is 12.7 Å². The van der Waals surface area contributed by atoms with Crippen LogP contribution in [0.5, 0.6) is 0 Å². The second kappa shape index (κ2) is 3.78. The summed E-state index contributed by atoms with van der Waals surface area (Å²) in [4.78, 5) is 0. The average Bonchev–Trinajstić information content (AvgIpc) is 2.27. The molecule has 0 amide bonds. The number of rotatable bonds is 2. The second-order valence-corrected chi connectivity index (χ2v) is 4.09. The second-order valence-electron chi connectivity index (χ2n) is 4.09. The fourth-order valence-electron chi connectivity index (χ4n) is 1.53. The predicted molar refractivity (Wildman–Crippen MR) is 50.4 cm³/mol. The predicted octanol–water partition coefficient (Wildman–Crippen LogP) is 0.853. The van der Waals surface area contributed by atoms with Gasteiger partial charge in [-0.3, -0.25) is 0 Å². The molecule has 0 aromatic carbocycles. The molecule has 0 unspecified atom stereocenters. The molecular formula is C10H18O3. The topological polar surface area (TPSA) is 49.7 Å². The molecule has 0 aromatic rings. The van der Waals surface area contributed by atoms with Crippen LogP contribution < -0.4 is 0 Å². The van der Waals surface area contributed by atoms with Crippen LogP contribution >= 0.6 is 0 Å². The molecule has 0 aromatic heterocycles. The number of ether oxygens (including phenoxy) is 1. The maximum absolute atomic E-state index is 9.63. The van der Waals surface area contributed by atoms with Gasteiger partial charge in [-0.1, -0.05) is 6.08 Å². The van der Waals surface area contributed by atoms with Crippen molar-refractivity contribution in [1.29, 1.82) is 0 Å². The van der Waals surface area contributed by atoms with E-state index in [4.69, 9.17) is 9.84 Å². The van der Waals surface area contributed by atoms with Crippen molar-refractivity contribution in [3.05, 3.63) is 11.6 Å². The van der Waals surface area contributed by atoms with Crippen molar-refractivity contribution in [1.82, 2.24) is 0 Å². The molecule has 3 nitrogen and oxygen atoms in total. The van der Waals surface area contributed by atoms with Crippen molar-refractivity contribution in [3.8, 4) is 0 Å². The van der Waals surface area contributed by atoms with Crippen molar-refractivity contribution in [2.24, 2.45) is 0 Å². The van der Waals surface area contributed by atoms with Crippen LogP contribution in [0.4, 0.5) is 0 Å². The monoisotopic (exact) mass is 186 g/mol. The fraction of sp³-hybridized carbons (Fsp3) is 0.800. The van der Waals surface area contributed by atoms with E-state index in [1.54, 1.807) is 6.08 Å². The van der Waals surface area contributed by atoms with E-state index in [1.807, 2.05) is 20.8 Å². The van der Waals surface area contributed by atoms with Gasteiger partial charge in [0.2, 0.25) is 0 Å². The fourth-order valence-corrected chi connectivity index (χ4v) is 1.53. The molecule has 0 saturated carbocycles. The van der Waals surface area contributed by atoms with Gasteiger partial charge in [0.25, 0.3) is 0 Å². The van der Waals surface area contributed by atoms with Crippen LogP contribution in [0.1, 0.15) is 27.2 Å². The van der Waals surface area contributed by atoms with E-state index in [9.17, 15) is 5.11 Å². The van der Waals surface area contributed by atoms with Crippen molar-refractivity contribution in [2.75, 3.05) is 6.61 Å². The van der Waals surface area contributed by atoms with Crippen LogP contribution in [-0.2, 0) is 4.74 Å². The molecule has 13 heavy (non-hydrogen) atoms. The first-order chi connectivity index (χ1) is 5.97. The standard InChI is InChI=1S/C10H18O3/c1-7(4-5-11)8-6-9(12)10(2,3)13-8/h4,8-9,11-12H,5-6H2,1-3H3/b7-4+/t8-,9-/m0/s1. The minimum absolute atomic E-state index is 0.0300. The number of hydrogen-bond acceptors (Lipinski definition) is 3. The Morgan fingerprint density at radius 2 is 2.23 bits per heavy atom. The maximum Gasteiger partial charge on any atom is 0.0893 e. The van der Waals surface area contributed by atoms with Crippen LogP contribution in [0, 0.1) is 0 Å².